The minimum Gasteiger partial charge on any atom is -0.327 e. The number of halogens is 1. The van der Waals surface area contributed by atoms with Crippen LogP contribution in [0, 0.1) is 0 Å². The van der Waals surface area contributed by atoms with Gasteiger partial charge in [0.2, 0.25) is 0 Å². The molecule has 3 heteroatoms. The molecule has 2 unspecified atom stereocenters. The Morgan fingerprint density at radius 1 is 1.50 bits per heavy atom. The fourth-order valence-electron chi connectivity index (χ4n) is 2.73. The molecule has 1 fully saturated rings. The van der Waals surface area contributed by atoms with E-state index in [9.17, 15) is 0 Å². The summed E-state index contributed by atoms with van der Waals surface area (Å²) in [5.74, 6) is 0. The maximum absolute atomic E-state index is 6.21. The molecule has 1 heterocycles. The highest BCUT2D eigenvalue weighted by Crippen LogP contribution is 2.17. The normalized spacial score (nSPS) is 22.3. The van der Waals surface area contributed by atoms with Gasteiger partial charge in [-0.1, -0.05) is 23.7 Å². The topological polar surface area (TPSA) is 29.3 Å². The molecule has 1 saturated heterocycles. The van der Waals surface area contributed by atoms with E-state index in [1.54, 1.807) is 0 Å². The summed E-state index contributed by atoms with van der Waals surface area (Å²) in [6.07, 6.45) is 4.66. The highest BCUT2D eigenvalue weighted by atomic mass is 35.5. The zero-order chi connectivity index (χ0) is 13.0. The van der Waals surface area contributed by atoms with Crippen LogP contribution in [0.3, 0.4) is 0 Å². The van der Waals surface area contributed by atoms with Crippen molar-refractivity contribution in [1.82, 2.24) is 4.90 Å². The molecule has 100 valence electrons. The molecule has 1 aromatic rings. The molecule has 2 nitrogen and oxygen atoms in total. The van der Waals surface area contributed by atoms with Crippen molar-refractivity contribution in [2.75, 3.05) is 13.1 Å². The van der Waals surface area contributed by atoms with Crippen molar-refractivity contribution in [1.29, 1.82) is 0 Å². The minimum atomic E-state index is 0.233. The molecule has 0 bridgehead atoms. The second-order valence-corrected chi connectivity index (χ2v) is 5.85. The van der Waals surface area contributed by atoms with E-state index in [2.05, 4.69) is 17.9 Å². The summed E-state index contributed by atoms with van der Waals surface area (Å²) < 4.78 is 0. The van der Waals surface area contributed by atoms with Gasteiger partial charge in [0.25, 0.3) is 0 Å². The van der Waals surface area contributed by atoms with Gasteiger partial charge < -0.3 is 10.6 Å². The Morgan fingerprint density at radius 3 is 3.00 bits per heavy atom. The van der Waals surface area contributed by atoms with Crippen molar-refractivity contribution in [2.45, 2.75) is 44.7 Å². The molecule has 18 heavy (non-hydrogen) atoms. The summed E-state index contributed by atoms with van der Waals surface area (Å²) >= 11 is 5.98. The van der Waals surface area contributed by atoms with Crippen molar-refractivity contribution in [3.05, 3.63) is 34.9 Å². The van der Waals surface area contributed by atoms with Crippen LogP contribution in [-0.4, -0.2) is 30.1 Å². The first-order valence-electron chi connectivity index (χ1n) is 6.89. The van der Waals surface area contributed by atoms with Crippen LogP contribution in [0.2, 0.25) is 5.02 Å². The van der Waals surface area contributed by atoms with Crippen molar-refractivity contribution in [3.8, 4) is 0 Å². The second-order valence-electron chi connectivity index (χ2n) is 5.41. The molecule has 1 aliphatic heterocycles. The van der Waals surface area contributed by atoms with Crippen LogP contribution in [0.5, 0.6) is 0 Å². The molecule has 0 amide bonds. The first-order valence-corrected chi connectivity index (χ1v) is 7.27. The molecule has 2 N–H and O–H groups in total. The van der Waals surface area contributed by atoms with Gasteiger partial charge in [0.05, 0.1) is 0 Å². The third kappa shape index (κ3) is 3.98. The average Bonchev–Trinajstić information content (AvgIpc) is 2.72. The molecule has 0 aromatic heterocycles. The molecule has 0 saturated carbocycles. The molecule has 0 radical (unpaired) electrons. The van der Waals surface area contributed by atoms with Crippen LogP contribution in [0.1, 0.15) is 31.7 Å². The van der Waals surface area contributed by atoms with E-state index >= 15 is 0 Å². The molecule has 2 rings (SSSR count). The van der Waals surface area contributed by atoms with Crippen LogP contribution in [0.15, 0.2) is 24.3 Å². The van der Waals surface area contributed by atoms with E-state index in [0.29, 0.717) is 0 Å². The number of benzene rings is 1. The second kappa shape index (κ2) is 6.55. The van der Waals surface area contributed by atoms with Crippen molar-refractivity contribution < 1.29 is 0 Å². The van der Waals surface area contributed by atoms with Gasteiger partial charge in [-0.3, -0.25) is 0 Å². The first kappa shape index (κ1) is 13.9. The number of nitrogens with two attached hydrogens (primary N) is 1. The standard InChI is InChI=1S/C15H23ClN2/c1-12-4-3-8-18(12)9-7-15(17)11-13-5-2-6-14(16)10-13/h2,5-6,10,12,15H,3-4,7-9,11,17H2,1H3. The van der Waals surface area contributed by atoms with E-state index in [4.69, 9.17) is 17.3 Å². The number of hydrogen-bond donors (Lipinski definition) is 1. The van der Waals surface area contributed by atoms with Crippen molar-refractivity contribution >= 4 is 11.6 Å². The Bertz CT molecular complexity index is 381. The number of likely N-dealkylation sites (tertiary alicyclic amines) is 1. The largest absolute Gasteiger partial charge is 0.327 e. The summed E-state index contributed by atoms with van der Waals surface area (Å²) in [5, 5.41) is 0.799. The lowest BCUT2D eigenvalue weighted by Gasteiger charge is -2.22. The fourth-order valence-corrected chi connectivity index (χ4v) is 2.94. The third-order valence-corrected chi connectivity index (χ3v) is 4.10. The monoisotopic (exact) mass is 266 g/mol. The number of hydrogen-bond acceptors (Lipinski definition) is 2. The van der Waals surface area contributed by atoms with Gasteiger partial charge in [-0.15, -0.1) is 0 Å². The summed E-state index contributed by atoms with van der Waals surface area (Å²) in [6, 6.07) is 8.99. The van der Waals surface area contributed by atoms with Crippen molar-refractivity contribution in [2.24, 2.45) is 5.73 Å². The van der Waals surface area contributed by atoms with Gasteiger partial charge in [0, 0.05) is 17.1 Å². The van der Waals surface area contributed by atoms with Crippen molar-refractivity contribution in [3.63, 3.8) is 0 Å². The number of rotatable bonds is 5. The van der Waals surface area contributed by atoms with Gasteiger partial charge in [0.15, 0.2) is 0 Å². The quantitative estimate of drug-likeness (QED) is 0.888. The van der Waals surface area contributed by atoms with Gasteiger partial charge in [-0.2, -0.15) is 0 Å². The Labute approximate surface area is 115 Å². The van der Waals surface area contributed by atoms with E-state index < -0.39 is 0 Å². The summed E-state index contributed by atoms with van der Waals surface area (Å²) in [7, 11) is 0. The van der Waals surface area contributed by atoms with Crippen LogP contribution in [-0.2, 0) is 6.42 Å². The van der Waals surface area contributed by atoms with Crippen LogP contribution < -0.4 is 5.73 Å². The van der Waals surface area contributed by atoms with Gasteiger partial charge in [-0.25, -0.2) is 0 Å². The summed E-state index contributed by atoms with van der Waals surface area (Å²) in [4.78, 5) is 2.55. The SMILES string of the molecule is CC1CCCN1CCC(N)Cc1cccc(Cl)c1. The molecular weight excluding hydrogens is 244 g/mol. The minimum absolute atomic E-state index is 0.233. The zero-order valence-electron chi connectivity index (χ0n) is 11.1. The van der Waals surface area contributed by atoms with E-state index in [-0.39, 0.29) is 6.04 Å². The van der Waals surface area contributed by atoms with E-state index in [1.165, 1.54) is 24.9 Å². The first-order chi connectivity index (χ1) is 8.65. The highest BCUT2D eigenvalue weighted by Gasteiger charge is 2.20. The summed E-state index contributed by atoms with van der Waals surface area (Å²) in [5.41, 5.74) is 7.45. The van der Waals surface area contributed by atoms with Gasteiger partial charge >= 0.3 is 0 Å². The maximum atomic E-state index is 6.21. The lowest BCUT2D eigenvalue weighted by Crippen LogP contribution is -2.33. The Morgan fingerprint density at radius 2 is 2.33 bits per heavy atom. The maximum Gasteiger partial charge on any atom is 0.0408 e. The Balaban J connectivity index is 1.76. The fraction of sp³-hybridized carbons (Fsp3) is 0.600. The Kier molecular flexibility index (Phi) is 5.04. The molecule has 1 aromatic carbocycles. The lowest BCUT2D eigenvalue weighted by atomic mass is 10.0. The van der Waals surface area contributed by atoms with E-state index in [1.807, 2.05) is 18.2 Å². The van der Waals surface area contributed by atoms with Gasteiger partial charge in [-0.05, 0) is 63.4 Å². The molecule has 1 aliphatic rings. The highest BCUT2D eigenvalue weighted by molar-refractivity contribution is 6.30. The van der Waals surface area contributed by atoms with Gasteiger partial charge in [0.1, 0.15) is 0 Å². The third-order valence-electron chi connectivity index (χ3n) is 3.86. The zero-order valence-corrected chi connectivity index (χ0v) is 11.9. The average molecular weight is 267 g/mol. The lowest BCUT2D eigenvalue weighted by molar-refractivity contribution is 0.257. The smallest absolute Gasteiger partial charge is 0.0408 e. The van der Waals surface area contributed by atoms with E-state index in [0.717, 1.165) is 30.5 Å². The van der Waals surface area contributed by atoms with Crippen LogP contribution in [0.4, 0.5) is 0 Å². The van der Waals surface area contributed by atoms with Crippen LogP contribution >= 0.6 is 11.6 Å². The summed E-state index contributed by atoms with van der Waals surface area (Å²) in [6.45, 7) is 4.68. The molecule has 2 atom stereocenters. The molecular formula is C15H23ClN2. The predicted molar refractivity (Wildman–Crippen MR) is 78.0 cm³/mol. The number of nitrogens with zero attached hydrogens (tertiary/aromatic N) is 1. The molecule has 0 aliphatic carbocycles. The predicted octanol–water partition coefficient (Wildman–Crippen LogP) is 3.08. The Hall–Kier alpha value is -0.570. The molecule has 0 spiro atoms. The van der Waals surface area contributed by atoms with Crippen LogP contribution in [0.25, 0.3) is 0 Å².